The van der Waals surface area contributed by atoms with Gasteiger partial charge in [-0.3, -0.25) is 4.90 Å². The third-order valence-electron chi connectivity index (χ3n) is 3.22. The zero-order valence-electron chi connectivity index (χ0n) is 10.4. The summed E-state index contributed by atoms with van der Waals surface area (Å²) < 4.78 is 0. The average molecular weight is 288 g/mol. The van der Waals surface area contributed by atoms with E-state index in [4.69, 9.17) is 5.26 Å². The first kappa shape index (κ1) is 17.2. The molecule has 1 atom stereocenters. The van der Waals surface area contributed by atoms with Gasteiger partial charge in [0.25, 0.3) is 0 Å². The van der Waals surface area contributed by atoms with Crippen LogP contribution in [0.4, 0.5) is 0 Å². The first-order valence-corrected chi connectivity index (χ1v) is 5.76. The number of rotatable bonds is 2. The fraction of sp³-hybridized carbons (Fsp3) is 0.462. The summed E-state index contributed by atoms with van der Waals surface area (Å²) in [5, 5.41) is 12.1. The van der Waals surface area contributed by atoms with E-state index in [1.165, 1.54) is 5.56 Å². The monoisotopic (exact) mass is 287 g/mol. The molecule has 0 aromatic heterocycles. The predicted molar refractivity (Wildman–Crippen MR) is 78.5 cm³/mol. The van der Waals surface area contributed by atoms with E-state index in [9.17, 15) is 0 Å². The first-order valence-electron chi connectivity index (χ1n) is 5.76. The van der Waals surface area contributed by atoms with Crippen molar-refractivity contribution in [3.63, 3.8) is 0 Å². The Morgan fingerprint density at radius 1 is 1.17 bits per heavy atom. The van der Waals surface area contributed by atoms with Crippen LogP contribution >= 0.6 is 24.8 Å². The molecule has 2 rings (SSSR count). The lowest BCUT2D eigenvalue weighted by atomic mass is 10.0. The van der Waals surface area contributed by atoms with Crippen LogP contribution in [0.5, 0.6) is 0 Å². The maximum Gasteiger partial charge on any atom is 0.0991 e. The zero-order valence-corrected chi connectivity index (χ0v) is 12.1. The van der Waals surface area contributed by atoms with Crippen molar-refractivity contribution in [2.24, 2.45) is 0 Å². The molecular formula is C13H19Cl2N3. The largest absolute Gasteiger partial charge is 0.314 e. The van der Waals surface area contributed by atoms with Gasteiger partial charge in [-0.15, -0.1) is 24.8 Å². The van der Waals surface area contributed by atoms with E-state index < -0.39 is 0 Å². The third-order valence-corrected chi connectivity index (χ3v) is 3.22. The number of piperazine rings is 1. The Bertz CT molecular complexity index is 380. The van der Waals surface area contributed by atoms with Crippen LogP contribution in [-0.2, 0) is 0 Å². The van der Waals surface area contributed by atoms with Gasteiger partial charge < -0.3 is 5.32 Å². The molecule has 100 valence electrons. The van der Waals surface area contributed by atoms with Gasteiger partial charge in [0, 0.05) is 32.2 Å². The summed E-state index contributed by atoms with van der Waals surface area (Å²) in [6.07, 6.45) is 0. The molecule has 1 aliphatic heterocycles. The number of nitrogens with zero attached hydrogens (tertiary/aromatic N) is 2. The Balaban J connectivity index is 0.00000144. The van der Waals surface area contributed by atoms with Gasteiger partial charge >= 0.3 is 0 Å². The van der Waals surface area contributed by atoms with Crippen molar-refractivity contribution in [3.8, 4) is 6.07 Å². The van der Waals surface area contributed by atoms with E-state index in [0.717, 1.165) is 31.7 Å². The van der Waals surface area contributed by atoms with E-state index in [1.807, 2.05) is 12.1 Å². The third kappa shape index (κ3) is 4.15. The summed E-state index contributed by atoms with van der Waals surface area (Å²) in [6.45, 7) is 6.57. The predicted octanol–water partition coefficient (Wildman–Crippen LogP) is 2.37. The molecule has 1 heterocycles. The van der Waals surface area contributed by atoms with Crippen LogP contribution in [0.15, 0.2) is 24.3 Å². The van der Waals surface area contributed by atoms with Crippen molar-refractivity contribution in [1.29, 1.82) is 5.26 Å². The normalized spacial score (nSPS) is 16.9. The Morgan fingerprint density at radius 2 is 1.72 bits per heavy atom. The SMILES string of the molecule is C[C@@H](c1ccc(C#N)cc1)N1CCNCC1.Cl.Cl. The molecule has 0 amide bonds. The quantitative estimate of drug-likeness (QED) is 0.908. The molecule has 0 radical (unpaired) electrons. The second-order valence-corrected chi connectivity index (χ2v) is 4.20. The van der Waals surface area contributed by atoms with E-state index in [2.05, 4.69) is 35.3 Å². The second-order valence-electron chi connectivity index (χ2n) is 4.20. The van der Waals surface area contributed by atoms with Gasteiger partial charge in [-0.2, -0.15) is 5.26 Å². The Labute approximate surface area is 121 Å². The maximum atomic E-state index is 8.75. The van der Waals surface area contributed by atoms with Crippen LogP contribution in [0.3, 0.4) is 0 Å². The number of nitrogens with one attached hydrogen (secondary N) is 1. The molecule has 1 saturated heterocycles. The van der Waals surface area contributed by atoms with Crippen LogP contribution in [0.25, 0.3) is 0 Å². The van der Waals surface area contributed by atoms with Gasteiger partial charge in [-0.25, -0.2) is 0 Å². The van der Waals surface area contributed by atoms with Crippen LogP contribution in [0.1, 0.15) is 24.1 Å². The van der Waals surface area contributed by atoms with Crippen molar-refractivity contribution in [2.75, 3.05) is 26.2 Å². The molecule has 1 aromatic rings. The standard InChI is InChI=1S/C13H17N3.2ClH/c1-11(16-8-6-15-7-9-16)13-4-2-12(10-14)3-5-13;;/h2-5,11,15H,6-9H2,1H3;2*1H/t11-;;/m0../s1. The fourth-order valence-corrected chi connectivity index (χ4v) is 2.12. The highest BCUT2D eigenvalue weighted by molar-refractivity contribution is 5.85. The number of hydrogen-bond donors (Lipinski definition) is 1. The summed E-state index contributed by atoms with van der Waals surface area (Å²) >= 11 is 0. The van der Waals surface area contributed by atoms with Crippen molar-refractivity contribution in [2.45, 2.75) is 13.0 Å². The van der Waals surface area contributed by atoms with Crippen LogP contribution in [-0.4, -0.2) is 31.1 Å². The molecule has 1 aromatic carbocycles. The Kier molecular flexibility index (Phi) is 7.97. The van der Waals surface area contributed by atoms with Crippen molar-refractivity contribution in [1.82, 2.24) is 10.2 Å². The number of hydrogen-bond acceptors (Lipinski definition) is 3. The first-order chi connectivity index (χ1) is 7.81. The van der Waals surface area contributed by atoms with E-state index >= 15 is 0 Å². The van der Waals surface area contributed by atoms with E-state index in [0.29, 0.717) is 6.04 Å². The molecule has 18 heavy (non-hydrogen) atoms. The molecule has 1 N–H and O–H groups in total. The minimum atomic E-state index is 0. The van der Waals surface area contributed by atoms with Crippen molar-refractivity contribution < 1.29 is 0 Å². The van der Waals surface area contributed by atoms with Gasteiger partial charge in [0.1, 0.15) is 0 Å². The van der Waals surface area contributed by atoms with Crippen LogP contribution in [0, 0.1) is 11.3 Å². The molecular weight excluding hydrogens is 269 g/mol. The van der Waals surface area contributed by atoms with Crippen molar-refractivity contribution in [3.05, 3.63) is 35.4 Å². The average Bonchev–Trinajstić information content (AvgIpc) is 2.39. The highest BCUT2D eigenvalue weighted by Crippen LogP contribution is 2.20. The lowest BCUT2D eigenvalue weighted by Gasteiger charge is -2.33. The van der Waals surface area contributed by atoms with Crippen LogP contribution in [0.2, 0.25) is 0 Å². The Hall–Kier alpha value is -0.790. The summed E-state index contributed by atoms with van der Waals surface area (Å²) in [5.74, 6) is 0. The van der Waals surface area contributed by atoms with Gasteiger partial charge in [0.15, 0.2) is 0 Å². The van der Waals surface area contributed by atoms with Gasteiger partial charge in [-0.05, 0) is 24.6 Å². The van der Waals surface area contributed by atoms with Gasteiger partial charge in [-0.1, -0.05) is 12.1 Å². The second kappa shape index (κ2) is 8.34. The number of nitriles is 1. The van der Waals surface area contributed by atoms with E-state index in [-0.39, 0.29) is 24.8 Å². The highest BCUT2D eigenvalue weighted by atomic mass is 35.5. The number of benzene rings is 1. The van der Waals surface area contributed by atoms with E-state index in [1.54, 1.807) is 0 Å². The smallest absolute Gasteiger partial charge is 0.0991 e. The summed E-state index contributed by atoms with van der Waals surface area (Å²) in [4.78, 5) is 2.47. The molecule has 0 bridgehead atoms. The molecule has 0 aliphatic carbocycles. The molecule has 0 spiro atoms. The zero-order chi connectivity index (χ0) is 11.4. The van der Waals surface area contributed by atoms with Crippen molar-refractivity contribution >= 4 is 24.8 Å². The molecule has 1 aliphatic rings. The highest BCUT2D eigenvalue weighted by Gasteiger charge is 2.17. The minimum Gasteiger partial charge on any atom is -0.314 e. The molecule has 0 saturated carbocycles. The lowest BCUT2D eigenvalue weighted by molar-refractivity contribution is 0.185. The topological polar surface area (TPSA) is 39.1 Å². The lowest BCUT2D eigenvalue weighted by Crippen LogP contribution is -2.44. The molecule has 0 unspecified atom stereocenters. The minimum absolute atomic E-state index is 0. The fourth-order valence-electron chi connectivity index (χ4n) is 2.12. The molecule has 5 heteroatoms. The summed E-state index contributed by atoms with van der Waals surface area (Å²) in [7, 11) is 0. The Morgan fingerprint density at radius 3 is 2.22 bits per heavy atom. The molecule has 3 nitrogen and oxygen atoms in total. The number of halogens is 2. The maximum absolute atomic E-state index is 8.75. The van der Waals surface area contributed by atoms with Gasteiger partial charge in [0.05, 0.1) is 11.6 Å². The van der Waals surface area contributed by atoms with Crippen LogP contribution < -0.4 is 5.32 Å². The molecule has 1 fully saturated rings. The summed E-state index contributed by atoms with van der Waals surface area (Å²) in [5.41, 5.74) is 2.03. The van der Waals surface area contributed by atoms with Gasteiger partial charge in [0.2, 0.25) is 0 Å². The summed E-state index contributed by atoms with van der Waals surface area (Å²) in [6, 6.07) is 10.5.